The van der Waals surface area contributed by atoms with Gasteiger partial charge in [0.1, 0.15) is 5.82 Å². The van der Waals surface area contributed by atoms with Crippen LogP contribution in [0.5, 0.6) is 0 Å². The Morgan fingerprint density at radius 1 is 1.10 bits per heavy atom. The lowest BCUT2D eigenvalue weighted by Gasteiger charge is -2.18. The van der Waals surface area contributed by atoms with Gasteiger partial charge in [-0.25, -0.2) is 13.4 Å². The molecule has 0 saturated carbocycles. The number of aryl methyl sites for hydroxylation is 2. The van der Waals surface area contributed by atoms with Crippen molar-refractivity contribution in [3.05, 3.63) is 52.3 Å². The highest BCUT2D eigenvalue weighted by Crippen LogP contribution is 2.25. The number of aromatic nitrogens is 2. The summed E-state index contributed by atoms with van der Waals surface area (Å²) in [4.78, 5) is 17.1. The molecule has 1 amide bonds. The summed E-state index contributed by atoms with van der Waals surface area (Å²) in [5.41, 5.74) is 1.95. The van der Waals surface area contributed by atoms with Crippen LogP contribution in [0.25, 0.3) is 11.0 Å². The zero-order valence-electron chi connectivity index (χ0n) is 17.5. The number of nitrogens with zero attached hydrogens (tertiary/aromatic N) is 3. The number of hydrogen-bond donors (Lipinski definition) is 1. The molecule has 0 unspecified atom stereocenters. The Balaban J connectivity index is 1.76. The number of halogens is 2. The molecule has 0 aliphatic rings. The molecule has 0 atom stereocenters. The Kier molecular flexibility index (Phi) is 7.26. The zero-order chi connectivity index (χ0) is 22.8. The molecule has 3 rings (SSSR count). The van der Waals surface area contributed by atoms with Crippen LogP contribution >= 0.6 is 23.2 Å². The van der Waals surface area contributed by atoms with Crippen molar-refractivity contribution in [2.24, 2.45) is 7.05 Å². The molecule has 0 fully saturated rings. The number of fused-ring (bicyclic) bond motifs is 1. The number of benzene rings is 2. The molecule has 0 aliphatic carbocycles. The predicted octanol–water partition coefficient (Wildman–Crippen LogP) is 4.48. The topological polar surface area (TPSA) is 84.3 Å². The monoisotopic (exact) mass is 482 g/mol. The second-order valence-corrected chi connectivity index (χ2v) is 9.76. The Morgan fingerprint density at radius 3 is 2.45 bits per heavy atom. The maximum atomic E-state index is 12.8. The number of rotatable bonds is 8. The molecular weight excluding hydrogens is 459 g/mol. The fourth-order valence-electron chi connectivity index (χ4n) is 3.35. The second-order valence-electron chi connectivity index (χ2n) is 7.00. The van der Waals surface area contributed by atoms with Crippen molar-refractivity contribution in [1.29, 1.82) is 0 Å². The van der Waals surface area contributed by atoms with Crippen molar-refractivity contribution < 1.29 is 13.2 Å². The molecule has 0 bridgehead atoms. The molecule has 31 heavy (non-hydrogen) atoms. The molecule has 1 N–H and O–H groups in total. The van der Waals surface area contributed by atoms with Crippen LogP contribution in [-0.4, -0.2) is 41.3 Å². The predicted molar refractivity (Wildman–Crippen MR) is 124 cm³/mol. The van der Waals surface area contributed by atoms with E-state index in [9.17, 15) is 13.2 Å². The minimum atomic E-state index is -3.56. The Bertz CT molecular complexity index is 1220. The van der Waals surface area contributed by atoms with Gasteiger partial charge < -0.3 is 9.88 Å². The van der Waals surface area contributed by atoms with Gasteiger partial charge in [0.2, 0.25) is 15.9 Å². The first-order valence-electron chi connectivity index (χ1n) is 9.87. The van der Waals surface area contributed by atoms with Crippen LogP contribution < -0.4 is 5.32 Å². The molecule has 2 aromatic carbocycles. The van der Waals surface area contributed by atoms with Crippen molar-refractivity contribution in [2.45, 2.75) is 31.6 Å². The molecule has 0 saturated heterocycles. The van der Waals surface area contributed by atoms with Gasteiger partial charge in [0.25, 0.3) is 0 Å². The average molecular weight is 483 g/mol. The molecule has 0 spiro atoms. The second kappa shape index (κ2) is 9.56. The van der Waals surface area contributed by atoms with Crippen molar-refractivity contribution in [1.82, 2.24) is 13.9 Å². The lowest BCUT2D eigenvalue weighted by atomic mass is 10.2. The van der Waals surface area contributed by atoms with E-state index in [0.717, 1.165) is 5.52 Å². The van der Waals surface area contributed by atoms with E-state index in [1.54, 1.807) is 36.4 Å². The lowest BCUT2D eigenvalue weighted by Crippen LogP contribution is -2.30. The maximum Gasteiger partial charge on any atom is 0.243 e. The van der Waals surface area contributed by atoms with Gasteiger partial charge in [0.15, 0.2) is 0 Å². The van der Waals surface area contributed by atoms with Gasteiger partial charge >= 0.3 is 0 Å². The minimum Gasteiger partial charge on any atom is -0.331 e. The Labute approximate surface area is 192 Å². The highest BCUT2D eigenvalue weighted by Gasteiger charge is 2.22. The van der Waals surface area contributed by atoms with Crippen LogP contribution in [0.2, 0.25) is 10.0 Å². The van der Waals surface area contributed by atoms with Crippen molar-refractivity contribution in [2.75, 3.05) is 18.4 Å². The number of hydrogen-bond acceptors (Lipinski definition) is 4. The van der Waals surface area contributed by atoms with E-state index >= 15 is 0 Å². The number of imidazole rings is 1. The third-order valence-corrected chi connectivity index (χ3v) is 7.85. The summed E-state index contributed by atoms with van der Waals surface area (Å²) in [6.07, 6.45) is 0.610. The molecule has 1 heterocycles. The van der Waals surface area contributed by atoms with Crippen LogP contribution in [0.1, 0.15) is 26.1 Å². The third-order valence-electron chi connectivity index (χ3n) is 5.07. The van der Waals surface area contributed by atoms with Crippen LogP contribution in [0.15, 0.2) is 41.3 Å². The number of sulfonamides is 1. The van der Waals surface area contributed by atoms with E-state index in [4.69, 9.17) is 23.2 Å². The average Bonchev–Trinajstić information content (AvgIpc) is 3.05. The summed E-state index contributed by atoms with van der Waals surface area (Å²) in [6, 6.07) is 9.82. The molecular formula is C21H24Cl2N4O3S. The van der Waals surface area contributed by atoms with E-state index in [2.05, 4.69) is 10.3 Å². The quantitative estimate of drug-likeness (QED) is 0.512. The van der Waals surface area contributed by atoms with Crippen LogP contribution in [0, 0.1) is 0 Å². The van der Waals surface area contributed by atoms with E-state index in [0.29, 0.717) is 46.6 Å². The molecule has 0 radical (unpaired) electrons. The maximum absolute atomic E-state index is 12.8. The standard InChI is InChI=1S/C21H24Cl2N4O3S/c1-4-27(5-2)31(29,30)15-7-9-19-18(13-15)25-20(26(19)3)10-11-21(28)24-14-6-8-16(22)17(23)12-14/h6-9,12-13H,4-5,10-11H2,1-3H3,(H,24,28). The molecule has 1 aromatic heterocycles. The molecule has 10 heteroatoms. The van der Waals surface area contributed by atoms with Gasteiger partial charge in [0, 0.05) is 38.7 Å². The van der Waals surface area contributed by atoms with Crippen molar-refractivity contribution in [3.63, 3.8) is 0 Å². The van der Waals surface area contributed by atoms with Crippen LogP contribution in [0.4, 0.5) is 5.69 Å². The Morgan fingerprint density at radius 2 is 1.81 bits per heavy atom. The summed E-state index contributed by atoms with van der Waals surface area (Å²) < 4.78 is 28.8. The summed E-state index contributed by atoms with van der Waals surface area (Å²) in [7, 11) is -1.72. The van der Waals surface area contributed by atoms with E-state index in [1.807, 2.05) is 25.5 Å². The number of amides is 1. The minimum absolute atomic E-state index is 0.185. The molecule has 0 aliphatic heterocycles. The van der Waals surface area contributed by atoms with Gasteiger partial charge in [0.05, 0.1) is 26.0 Å². The SMILES string of the molecule is CCN(CC)S(=O)(=O)c1ccc2c(c1)nc(CCC(=O)Nc1ccc(Cl)c(Cl)c1)n2C. The fourth-order valence-corrected chi connectivity index (χ4v) is 5.13. The molecule has 3 aromatic rings. The fraction of sp³-hybridized carbons (Fsp3) is 0.333. The first-order chi connectivity index (χ1) is 14.7. The smallest absolute Gasteiger partial charge is 0.243 e. The largest absolute Gasteiger partial charge is 0.331 e. The van der Waals surface area contributed by atoms with Gasteiger partial charge in [-0.05, 0) is 36.4 Å². The molecule has 166 valence electrons. The number of carbonyl (C=O) groups is 1. The highest BCUT2D eigenvalue weighted by atomic mass is 35.5. The summed E-state index contributed by atoms with van der Waals surface area (Å²) >= 11 is 11.9. The van der Waals surface area contributed by atoms with Crippen molar-refractivity contribution >= 4 is 55.9 Å². The Hall–Kier alpha value is -2.13. The van der Waals surface area contributed by atoms with E-state index in [1.165, 1.54) is 4.31 Å². The van der Waals surface area contributed by atoms with E-state index in [-0.39, 0.29) is 17.2 Å². The first-order valence-corrected chi connectivity index (χ1v) is 12.1. The zero-order valence-corrected chi connectivity index (χ0v) is 19.9. The summed E-state index contributed by atoms with van der Waals surface area (Å²) in [5.74, 6) is 0.506. The van der Waals surface area contributed by atoms with E-state index < -0.39 is 10.0 Å². The normalized spacial score (nSPS) is 11.9. The highest BCUT2D eigenvalue weighted by molar-refractivity contribution is 7.89. The van der Waals surface area contributed by atoms with Gasteiger partial charge in [-0.1, -0.05) is 37.0 Å². The number of nitrogens with one attached hydrogen (secondary N) is 1. The summed E-state index contributed by atoms with van der Waals surface area (Å²) in [5, 5.41) is 3.57. The lowest BCUT2D eigenvalue weighted by molar-refractivity contribution is -0.116. The number of anilines is 1. The first kappa shape index (κ1) is 23.5. The van der Waals surface area contributed by atoms with Crippen molar-refractivity contribution in [3.8, 4) is 0 Å². The van der Waals surface area contributed by atoms with Gasteiger partial charge in [-0.15, -0.1) is 0 Å². The van der Waals surface area contributed by atoms with Gasteiger partial charge in [-0.2, -0.15) is 4.31 Å². The third kappa shape index (κ3) is 5.03. The summed E-state index contributed by atoms with van der Waals surface area (Å²) in [6.45, 7) is 4.42. The van der Waals surface area contributed by atoms with Crippen LogP contribution in [-0.2, 0) is 28.3 Å². The van der Waals surface area contributed by atoms with Crippen LogP contribution in [0.3, 0.4) is 0 Å². The molecule has 7 nitrogen and oxygen atoms in total. The number of carbonyl (C=O) groups excluding carboxylic acids is 1. The van der Waals surface area contributed by atoms with Gasteiger partial charge in [-0.3, -0.25) is 4.79 Å².